The molecule has 2 aromatic rings. The van der Waals surface area contributed by atoms with Gasteiger partial charge in [0.05, 0.1) is 0 Å². The van der Waals surface area contributed by atoms with Crippen molar-refractivity contribution in [3.63, 3.8) is 0 Å². The topological polar surface area (TPSA) is 0 Å². The van der Waals surface area contributed by atoms with E-state index >= 15 is 0 Å². The predicted octanol–water partition coefficient (Wildman–Crippen LogP) is 6.64. The number of thioether (sulfide) groups is 2. The minimum atomic E-state index is 0.267. The molecule has 0 N–H and O–H groups in total. The van der Waals surface area contributed by atoms with Gasteiger partial charge in [-0.15, -0.1) is 11.8 Å². The van der Waals surface area contributed by atoms with Crippen LogP contribution in [0.5, 0.6) is 0 Å². The Morgan fingerprint density at radius 2 is 1.43 bits per heavy atom. The first kappa shape index (κ1) is 16.3. The molecule has 0 aliphatic rings. The molecule has 0 fully saturated rings. The Hall–Kier alpha value is -1.12. The third-order valence-electron chi connectivity index (χ3n) is 3.09. The van der Waals surface area contributed by atoms with Gasteiger partial charge in [0.15, 0.2) is 0 Å². The lowest BCUT2D eigenvalue weighted by Gasteiger charge is -2.23. The fourth-order valence-corrected chi connectivity index (χ4v) is 3.84. The van der Waals surface area contributed by atoms with Gasteiger partial charge >= 0.3 is 0 Å². The highest BCUT2D eigenvalue weighted by Gasteiger charge is 2.18. The van der Waals surface area contributed by atoms with Gasteiger partial charge in [0.1, 0.15) is 0 Å². The molecular weight excluding hydrogens is 292 g/mol. The molecular formula is C19H22S2. The summed E-state index contributed by atoms with van der Waals surface area (Å²) in [7, 11) is 0. The first-order valence-electron chi connectivity index (χ1n) is 7.26. The summed E-state index contributed by atoms with van der Waals surface area (Å²) in [6.07, 6.45) is 4.58. The van der Waals surface area contributed by atoms with E-state index in [1.165, 1.54) is 16.2 Å². The van der Waals surface area contributed by atoms with Crippen molar-refractivity contribution in [3.05, 3.63) is 72.1 Å². The summed E-state index contributed by atoms with van der Waals surface area (Å²) in [6.45, 7) is 4.64. The number of rotatable bonds is 7. The van der Waals surface area contributed by atoms with Gasteiger partial charge in [-0.3, -0.25) is 0 Å². The van der Waals surface area contributed by atoms with Crippen LogP contribution < -0.4 is 0 Å². The summed E-state index contributed by atoms with van der Waals surface area (Å²) >= 11 is 3.75. The zero-order chi connectivity index (χ0) is 15.0. The van der Waals surface area contributed by atoms with Gasteiger partial charge in [-0.05, 0) is 42.5 Å². The average molecular weight is 315 g/mol. The highest BCUT2D eigenvalue weighted by Crippen LogP contribution is 2.35. The number of allylic oxidation sites excluding steroid dienone is 1. The fraction of sp³-hybridized carbons (Fsp3) is 0.263. The first-order chi connectivity index (χ1) is 10.2. The Morgan fingerprint density at radius 3 is 2.05 bits per heavy atom. The van der Waals surface area contributed by atoms with Gasteiger partial charge in [-0.2, -0.15) is 0 Å². The molecule has 0 aliphatic carbocycles. The van der Waals surface area contributed by atoms with E-state index in [4.69, 9.17) is 0 Å². The van der Waals surface area contributed by atoms with E-state index < -0.39 is 0 Å². The van der Waals surface area contributed by atoms with Crippen molar-refractivity contribution >= 4 is 23.5 Å². The minimum absolute atomic E-state index is 0.267. The molecule has 0 unspecified atom stereocenters. The highest BCUT2D eigenvalue weighted by atomic mass is 32.2. The van der Waals surface area contributed by atoms with E-state index in [1.54, 1.807) is 11.8 Å². The Bertz CT molecular complexity index is 544. The summed E-state index contributed by atoms with van der Waals surface area (Å²) in [5, 5.41) is 2.21. The van der Waals surface area contributed by atoms with Crippen molar-refractivity contribution in [2.45, 2.75) is 41.2 Å². The molecule has 0 aromatic heterocycles. The van der Waals surface area contributed by atoms with Crippen molar-refractivity contribution in [3.8, 4) is 0 Å². The molecule has 0 aliphatic heterocycles. The van der Waals surface area contributed by atoms with Crippen LogP contribution in [0.2, 0.25) is 0 Å². The largest absolute Gasteiger partial charge is 0.120 e. The summed E-state index contributed by atoms with van der Waals surface area (Å²) in [4.78, 5) is 2.65. The van der Waals surface area contributed by atoms with Crippen LogP contribution in [0.15, 0.2) is 81.9 Å². The van der Waals surface area contributed by atoms with E-state index in [2.05, 4.69) is 86.0 Å². The Kier molecular flexibility index (Phi) is 6.47. The molecule has 21 heavy (non-hydrogen) atoms. The highest BCUT2D eigenvalue weighted by molar-refractivity contribution is 8.02. The van der Waals surface area contributed by atoms with E-state index in [1.807, 2.05) is 11.8 Å². The van der Waals surface area contributed by atoms with Crippen molar-refractivity contribution in [2.24, 2.45) is 0 Å². The fourth-order valence-electron chi connectivity index (χ4n) is 1.98. The summed E-state index contributed by atoms with van der Waals surface area (Å²) in [6, 6.07) is 21.2. The lowest BCUT2D eigenvalue weighted by molar-refractivity contribution is 0.648. The molecule has 0 bridgehead atoms. The smallest absolute Gasteiger partial charge is 0.0153 e. The first-order valence-corrected chi connectivity index (χ1v) is 8.96. The van der Waals surface area contributed by atoms with Gasteiger partial charge in [-0.25, -0.2) is 0 Å². The van der Waals surface area contributed by atoms with Crippen LogP contribution >= 0.6 is 23.5 Å². The molecule has 0 amide bonds. The lowest BCUT2D eigenvalue weighted by Crippen LogP contribution is -2.13. The maximum Gasteiger partial charge on any atom is 0.0153 e. The molecule has 0 saturated carbocycles. The van der Waals surface area contributed by atoms with Crippen LogP contribution in [0.3, 0.4) is 0 Å². The minimum Gasteiger partial charge on any atom is -0.120 e. The van der Waals surface area contributed by atoms with E-state index in [0.29, 0.717) is 0 Å². The molecule has 0 heterocycles. The lowest BCUT2D eigenvalue weighted by atomic mass is 10.1. The standard InChI is InChI=1S/C19H22S2/c1-19(2,21-18-13-7-4-8-14-18)15-9-10-16-20-17-11-5-3-6-12-17/h3-8,10-14,16H,9,15H2,1-2H3/b16-10+. The van der Waals surface area contributed by atoms with Crippen molar-refractivity contribution in [1.82, 2.24) is 0 Å². The van der Waals surface area contributed by atoms with Gasteiger partial charge in [-0.1, -0.05) is 68.1 Å². The van der Waals surface area contributed by atoms with E-state index in [-0.39, 0.29) is 4.75 Å². The van der Waals surface area contributed by atoms with Crippen molar-refractivity contribution in [2.75, 3.05) is 0 Å². The van der Waals surface area contributed by atoms with Crippen LogP contribution in [-0.4, -0.2) is 4.75 Å². The van der Waals surface area contributed by atoms with E-state index in [9.17, 15) is 0 Å². The second kappa shape index (κ2) is 8.35. The third kappa shape index (κ3) is 6.45. The molecule has 0 atom stereocenters. The van der Waals surface area contributed by atoms with Crippen LogP contribution in [0, 0.1) is 0 Å². The molecule has 0 spiro atoms. The quantitative estimate of drug-likeness (QED) is 0.525. The second-order valence-electron chi connectivity index (χ2n) is 5.52. The normalized spacial score (nSPS) is 11.9. The molecule has 0 saturated heterocycles. The molecule has 0 radical (unpaired) electrons. The second-order valence-corrected chi connectivity index (χ2v) is 8.28. The monoisotopic (exact) mass is 314 g/mol. The Labute approximate surface area is 137 Å². The van der Waals surface area contributed by atoms with Gasteiger partial charge in [0, 0.05) is 14.5 Å². The summed E-state index contributed by atoms with van der Waals surface area (Å²) < 4.78 is 0.267. The molecule has 0 nitrogen and oxygen atoms in total. The zero-order valence-electron chi connectivity index (χ0n) is 12.7. The van der Waals surface area contributed by atoms with Crippen LogP contribution in [0.25, 0.3) is 0 Å². The predicted molar refractivity (Wildman–Crippen MR) is 97.1 cm³/mol. The molecule has 110 valence electrons. The molecule has 2 aromatic carbocycles. The zero-order valence-corrected chi connectivity index (χ0v) is 14.3. The maximum atomic E-state index is 2.32. The van der Waals surface area contributed by atoms with E-state index in [0.717, 1.165) is 6.42 Å². The number of hydrogen-bond acceptors (Lipinski definition) is 2. The third-order valence-corrected chi connectivity index (χ3v) is 5.23. The number of benzene rings is 2. The summed E-state index contributed by atoms with van der Waals surface area (Å²) in [5.74, 6) is 0. The van der Waals surface area contributed by atoms with Crippen molar-refractivity contribution in [1.29, 1.82) is 0 Å². The Morgan fingerprint density at radius 1 is 0.857 bits per heavy atom. The van der Waals surface area contributed by atoms with Crippen molar-refractivity contribution < 1.29 is 0 Å². The average Bonchev–Trinajstić information content (AvgIpc) is 2.48. The van der Waals surface area contributed by atoms with Gasteiger partial charge in [0.2, 0.25) is 0 Å². The van der Waals surface area contributed by atoms with Crippen LogP contribution in [0.1, 0.15) is 26.7 Å². The van der Waals surface area contributed by atoms with Gasteiger partial charge < -0.3 is 0 Å². The van der Waals surface area contributed by atoms with Crippen LogP contribution in [-0.2, 0) is 0 Å². The van der Waals surface area contributed by atoms with Crippen LogP contribution in [0.4, 0.5) is 0 Å². The Balaban J connectivity index is 1.74. The summed E-state index contributed by atoms with van der Waals surface area (Å²) in [5.41, 5.74) is 0. The molecule has 2 heteroatoms. The SMILES string of the molecule is CC(C)(CC/C=C/Sc1ccccc1)Sc1ccccc1. The molecule has 2 rings (SSSR count). The maximum absolute atomic E-state index is 2.32. The number of hydrogen-bond donors (Lipinski definition) is 0. The van der Waals surface area contributed by atoms with Gasteiger partial charge in [0.25, 0.3) is 0 Å².